The normalized spacial score (nSPS) is 13.0. The summed E-state index contributed by atoms with van der Waals surface area (Å²) in [6.45, 7) is 1.09. The van der Waals surface area contributed by atoms with Crippen molar-refractivity contribution in [3.05, 3.63) is 95.3 Å². The van der Waals surface area contributed by atoms with Crippen LogP contribution in [0.5, 0.6) is 5.75 Å². The van der Waals surface area contributed by atoms with Crippen molar-refractivity contribution in [1.29, 1.82) is 0 Å². The highest BCUT2D eigenvalue weighted by Crippen LogP contribution is 2.31. The molecule has 2 N–H and O–H groups in total. The van der Waals surface area contributed by atoms with Gasteiger partial charge < -0.3 is 15.4 Å². The van der Waals surface area contributed by atoms with E-state index in [1.54, 1.807) is 17.0 Å². The number of hydrogen-bond donors (Lipinski definition) is 1. The third kappa shape index (κ3) is 4.81. The van der Waals surface area contributed by atoms with Crippen LogP contribution in [-0.2, 0) is 17.6 Å². The summed E-state index contributed by atoms with van der Waals surface area (Å²) in [4.78, 5) is 15.0. The molecule has 4 nitrogen and oxygen atoms in total. The van der Waals surface area contributed by atoms with E-state index in [0.717, 1.165) is 34.5 Å². The monoisotopic (exact) mass is 426 g/mol. The van der Waals surface area contributed by atoms with Crippen LogP contribution in [0.25, 0.3) is 0 Å². The van der Waals surface area contributed by atoms with Gasteiger partial charge in [-0.2, -0.15) is 0 Å². The molecule has 1 atom stereocenters. The summed E-state index contributed by atoms with van der Waals surface area (Å²) in [5.41, 5.74) is 9.92. The van der Waals surface area contributed by atoms with E-state index in [0.29, 0.717) is 19.6 Å². The quantitative estimate of drug-likeness (QED) is 0.633. The number of benzene rings is 3. The van der Waals surface area contributed by atoms with E-state index in [4.69, 9.17) is 10.5 Å². The fourth-order valence-electron chi connectivity index (χ4n) is 3.55. The Morgan fingerprint density at radius 3 is 2.53 bits per heavy atom. The highest BCUT2D eigenvalue weighted by atomic mass is 35.5. The van der Waals surface area contributed by atoms with Gasteiger partial charge in [-0.05, 0) is 41.3 Å². The third-order valence-electron chi connectivity index (χ3n) is 5.22. The molecule has 1 amide bonds. The van der Waals surface area contributed by atoms with E-state index in [-0.39, 0.29) is 24.1 Å². The zero-order valence-corrected chi connectivity index (χ0v) is 17.3. The van der Waals surface area contributed by atoms with Crippen molar-refractivity contribution in [1.82, 2.24) is 0 Å². The lowest BCUT2D eigenvalue weighted by Gasteiger charge is -2.26. The van der Waals surface area contributed by atoms with Crippen LogP contribution < -0.4 is 15.4 Å². The number of fused-ring (bicyclic) bond motifs is 1. The average Bonchev–Trinajstić information content (AvgIpc) is 3.23. The second-order valence-electron chi connectivity index (χ2n) is 7.15. The van der Waals surface area contributed by atoms with Gasteiger partial charge in [0.15, 0.2) is 0 Å². The van der Waals surface area contributed by atoms with E-state index in [2.05, 4.69) is 0 Å². The summed E-state index contributed by atoms with van der Waals surface area (Å²) in [5, 5.41) is 0. The number of nitrogens with two attached hydrogens (primary N) is 1. The van der Waals surface area contributed by atoms with Gasteiger partial charge in [0.2, 0.25) is 5.91 Å². The van der Waals surface area contributed by atoms with Gasteiger partial charge in [-0.15, -0.1) is 12.4 Å². The van der Waals surface area contributed by atoms with Crippen LogP contribution in [-0.4, -0.2) is 19.1 Å². The summed E-state index contributed by atoms with van der Waals surface area (Å²) < 4.78 is 18.9. The first-order valence-corrected chi connectivity index (χ1v) is 9.74. The van der Waals surface area contributed by atoms with Crippen LogP contribution in [0.4, 0.5) is 10.1 Å². The Balaban J connectivity index is 0.00000256. The minimum atomic E-state index is -0.765. The molecule has 6 heteroatoms. The Kier molecular flexibility index (Phi) is 7.08. The molecule has 0 saturated heterocycles. The zero-order valence-electron chi connectivity index (χ0n) is 16.5. The molecule has 30 heavy (non-hydrogen) atoms. The van der Waals surface area contributed by atoms with Crippen molar-refractivity contribution in [2.75, 3.05) is 18.1 Å². The largest absolute Gasteiger partial charge is 0.493 e. The molecule has 0 unspecified atom stereocenters. The van der Waals surface area contributed by atoms with Gasteiger partial charge in [0, 0.05) is 24.7 Å². The van der Waals surface area contributed by atoms with E-state index >= 15 is 0 Å². The molecule has 1 heterocycles. The van der Waals surface area contributed by atoms with Gasteiger partial charge >= 0.3 is 0 Å². The molecule has 3 aromatic carbocycles. The Morgan fingerprint density at radius 2 is 1.80 bits per heavy atom. The molecule has 1 aliphatic rings. The number of amides is 1. The Bertz CT molecular complexity index is 996. The lowest BCUT2D eigenvalue weighted by atomic mass is 10.0. The number of ether oxygens (including phenoxy) is 1. The Hall–Kier alpha value is -2.89. The van der Waals surface area contributed by atoms with Crippen LogP contribution in [0.2, 0.25) is 0 Å². The standard InChI is InChI=1S/C24H23FN2O2.ClH/c25-20-9-6-17(7-10-20)12-14-27(21-11-8-18-13-15-29-22(18)16-21)24(28)23(26)19-4-2-1-3-5-19;/h1-11,16,23H,12-15,26H2;1H/t23-;/m0./s1. The number of nitrogens with zero attached hydrogens (tertiary/aromatic N) is 1. The maximum absolute atomic E-state index is 13.3. The fraction of sp³-hybridized carbons (Fsp3) is 0.208. The highest BCUT2D eigenvalue weighted by Gasteiger charge is 2.25. The molecular formula is C24H24ClFN2O2. The van der Waals surface area contributed by atoms with E-state index < -0.39 is 6.04 Å². The Labute approximate surface area is 181 Å². The zero-order chi connectivity index (χ0) is 20.2. The van der Waals surface area contributed by atoms with Crippen LogP contribution in [0.1, 0.15) is 22.7 Å². The molecular weight excluding hydrogens is 403 g/mol. The van der Waals surface area contributed by atoms with E-state index in [1.807, 2.05) is 48.5 Å². The maximum Gasteiger partial charge on any atom is 0.248 e. The smallest absolute Gasteiger partial charge is 0.248 e. The van der Waals surface area contributed by atoms with Gasteiger partial charge in [-0.25, -0.2) is 4.39 Å². The summed E-state index contributed by atoms with van der Waals surface area (Å²) in [6.07, 6.45) is 1.47. The number of rotatable bonds is 6. The molecule has 3 aromatic rings. The molecule has 0 spiro atoms. The Morgan fingerprint density at radius 1 is 1.07 bits per heavy atom. The molecule has 0 saturated carbocycles. The minimum absolute atomic E-state index is 0. The SMILES string of the molecule is Cl.N[C@H](C(=O)N(CCc1ccc(F)cc1)c1ccc2c(c1)OCC2)c1ccccc1. The second-order valence-corrected chi connectivity index (χ2v) is 7.15. The second kappa shape index (κ2) is 9.74. The minimum Gasteiger partial charge on any atom is -0.493 e. The van der Waals surface area contributed by atoms with Crippen LogP contribution in [0.3, 0.4) is 0 Å². The molecule has 1 aliphatic heterocycles. The molecule has 0 aromatic heterocycles. The summed E-state index contributed by atoms with van der Waals surface area (Å²) in [5.74, 6) is 0.357. The first-order valence-electron chi connectivity index (χ1n) is 9.74. The predicted octanol–water partition coefficient (Wildman–Crippen LogP) is 4.46. The summed E-state index contributed by atoms with van der Waals surface area (Å²) >= 11 is 0. The lowest BCUT2D eigenvalue weighted by molar-refractivity contribution is -0.120. The number of anilines is 1. The lowest BCUT2D eigenvalue weighted by Crippen LogP contribution is -2.40. The molecule has 0 fully saturated rings. The fourth-order valence-corrected chi connectivity index (χ4v) is 3.55. The van der Waals surface area contributed by atoms with Crippen molar-refractivity contribution >= 4 is 24.0 Å². The van der Waals surface area contributed by atoms with Gasteiger partial charge in [0.25, 0.3) is 0 Å². The van der Waals surface area contributed by atoms with Crippen LogP contribution in [0.15, 0.2) is 72.8 Å². The molecule has 4 rings (SSSR count). The van der Waals surface area contributed by atoms with Gasteiger partial charge in [-0.1, -0.05) is 48.5 Å². The molecule has 0 aliphatic carbocycles. The highest BCUT2D eigenvalue weighted by molar-refractivity contribution is 5.98. The number of halogens is 2. The first kappa shape index (κ1) is 21.8. The number of hydrogen-bond acceptors (Lipinski definition) is 3. The van der Waals surface area contributed by atoms with Crippen molar-refractivity contribution in [3.8, 4) is 5.75 Å². The van der Waals surface area contributed by atoms with Crippen molar-refractivity contribution < 1.29 is 13.9 Å². The molecule has 156 valence electrons. The number of carbonyl (C=O) groups is 1. The third-order valence-corrected chi connectivity index (χ3v) is 5.22. The predicted molar refractivity (Wildman–Crippen MR) is 119 cm³/mol. The molecule has 0 radical (unpaired) electrons. The first-order chi connectivity index (χ1) is 14.1. The topological polar surface area (TPSA) is 55.6 Å². The maximum atomic E-state index is 13.3. The van der Waals surface area contributed by atoms with Crippen LogP contribution in [0, 0.1) is 5.82 Å². The van der Waals surface area contributed by atoms with Crippen molar-refractivity contribution in [2.45, 2.75) is 18.9 Å². The van der Waals surface area contributed by atoms with E-state index in [1.165, 1.54) is 12.1 Å². The van der Waals surface area contributed by atoms with Gasteiger partial charge in [0.05, 0.1) is 6.61 Å². The van der Waals surface area contributed by atoms with Gasteiger partial charge in [-0.3, -0.25) is 4.79 Å². The average molecular weight is 427 g/mol. The van der Waals surface area contributed by atoms with Gasteiger partial charge in [0.1, 0.15) is 17.6 Å². The number of carbonyl (C=O) groups excluding carboxylic acids is 1. The van der Waals surface area contributed by atoms with Crippen molar-refractivity contribution in [2.24, 2.45) is 5.73 Å². The summed E-state index contributed by atoms with van der Waals surface area (Å²) in [7, 11) is 0. The van der Waals surface area contributed by atoms with Crippen LogP contribution >= 0.6 is 12.4 Å². The van der Waals surface area contributed by atoms with E-state index in [9.17, 15) is 9.18 Å². The summed E-state index contributed by atoms with van der Waals surface area (Å²) in [6, 6.07) is 20.8. The molecule has 0 bridgehead atoms. The van der Waals surface area contributed by atoms with Crippen molar-refractivity contribution in [3.63, 3.8) is 0 Å².